The lowest BCUT2D eigenvalue weighted by atomic mass is 9.92. The van der Waals surface area contributed by atoms with Gasteiger partial charge in [-0.05, 0) is 19.8 Å². The summed E-state index contributed by atoms with van der Waals surface area (Å²) in [6.45, 7) is 3.60. The molecule has 2 nitrogen and oxygen atoms in total. The van der Waals surface area contributed by atoms with Crippen LogP contribution in [-0.2, 0) is 9.47 Å². The second kappa shape index (κ2) is 2.71. The quantitative estimate of drug-likeness (QED) is 0.491. The second-order valence-electron chi connectivity index (χ2n) is 2.52. The van der Waals surface area contributed by atoms with Gasteiger partial charge in [-0.25, -0.2) is 0 Å². The molecule has 0 amide bonds. The first kappa shape index (κ1) is 7.10. The second-order valence-corrected chi connectivity index (χ2v) is 2.52. The average molecular weight is 128 g/mol. The van der Waals surface area contributed by atoms with E-state index >= 15 is 0 Å². The molecular formula is C6H13BO2. The monoisotopic (exact) mass is 128 g/mol. The van der Waals surface area contributed by atoms with Crippen LogP contribution < -0.4 is 0 Å². The first-order valence-corrected chi connectivity index (χ1v) is 3.55. The minimum absolute atomic E-state index is 0.255. The average Bonchev–Trinajstić information content (AvgIpc) is 2.16. The zero-order valence-electron chi connectivity index (χ0n) is 6.14. The van der Waals surface area contributed by atoms with E-state index in [4.69, 9.17) is 9.47 Å². The fraction of sp³-hybridized carbons (Fsp3) is 1.00. The number of hydrogen-bond acceptors (Lipinski definition) is 2. The summed E-state index contributed by atoms with van der Waals surface area (Å²) in [6.07, 6.45) is 2.18. The summed E-state index contributed by atoms with van der Waals surface area (Å²) in [4.78, 5) is 0. The molecule has 1 aliphatic heterocycles. The molecule has 0 aromatic carbocycles. The molecule has 1 rings (SSSR count). The maximum absolute atomic E-state index is 5.37. The van der Waals surface area contributed by atoms with Gasteiger partial charge in [0.25, 0.3) is 0 Å². The van der Waals surface area contributed by atoms with Crippen molar-refractivity contribution in [3.63, 3.8) is 0 Å². The molecule has 1 atom stereocenters. The van der Waals surface area contributed by atoms with Crippen LogP contribution in [-0.4, -0.2) is 26.7 Å². The summed E-state index contributed by atoms with van der Waals surface area (Å²) >= 11 is 0. The summed E-state index contributed by atoms with van der Waals surface area (Å²) in [5, 5.41) is 0. The van der Waals surface area contributed by atoms with Crippen molar-refractivity contribution in [3.8, 4) is 0 Å². The molecule has 0 bridgehead atoms. The minimum atomic E-state index is -0.255. The van der Waals surface area contributed by atoms with Crippen LogP contribution in [0.3, 0.4) is 0 Å². The Bertz CT molecular complexity index is 89.1. The van der Waals surface area contributed by atoms with Crippen molar-refractivity contribution in [1.29, 1.82) is 0 Å². The molecule has 52 valence electrons. The van der Waals surface area contributed by atoms with Crippen molar-refractivity contribution < 1.29 is 9.47 Å². The smallest absolute Gasteiger partial charge is 0.178 e. The molecule has 0 aromatic rings. The zero-order valence-corrected chi connectivity index (χ0v) is 6.14. The van der Waals surface area contributed by atoms with E-state index < -0.39 is 0 Å². The van der Waals surface area contributed by atoms with Gasteiger partial charge in [0.05, 0.1) is 0 Å². The standard InChI is InChI=1S/C6H13BO2/c1-2-8-6(7)4-3-5-9-6/h2-5,7H2,1H3. The van der Waals surface area contributed by atoms with Crippen LogP contribution in [0.4, 0.5) is 0 Å². The van der Waals surface area contributed by atoms with Gasteiger partial charge in [-0.15, -0.1) is 0 Å². The van der Waals surface area contributed by atoms with E-state index in [1.54, 1.807) is 0 Å². The fourth-order valence-electron chi connectivity index (χ4n) is 1.17. The molecule has 3 heteroatoms. The molecule has 1 fully saturated rings. The van der Waals surface area contributed by atoms with Crippen molar-refractivity contribution >= 4 is 7.85 Å². The predicted molar refractivity (Wildman–Crippen MR) is 38.1 cm³/mol. The van der Waals surface area contributed by atoms with Gasteiger partial charge in [-0.3, -0.25) is 0 Å². The third kappa shape index (κ3) is 1.70. The van der Waals surface area contributed by atoms with Crippen LogP contribution in [0.5, 0.6) is 0 Å². The Morgan fingerprint density at radius 1 is 1.78 bits per heavy atom. The highest BCUT2D eigenvalue weighted by Crippen LogP contribution is 2.22. The van der Waals surface area contributed by atoms with Crippen molar-refractivity contribution in [2.75, 3.05) is 13.2 Å². The summed E-state index contributed by atoms with van der Waals surface area (Å²) in [6, 6.07) is 0. The van der Waals surface area contributed by atoms with Gasteiger partial charge >= 0.3 is 0 Å². The summed E-state index contributed by atoms with van der Waals surface area (Å²) in [5.74, 6) is 0. The highest BCUT2D eigenvalue weighted by atomic mass is 16.7. The van der Waals surface area contributed by atoms with Gasteiger partial charge in [0, 0.05) is 13.2 Å². The molecule has 1 saturated heterocycles. The molecule has 0 spiro atoms. The number of rotatable bonds is 2. The van der Waals surface area contributed by atoms with E-state index in [9.17, 15) is 0 Å². The third-order valence-electron chi connectivity index (χ3n) is 1.63. The summed E-state index contributed by atoms with van der Waals surface area (Å²) < 4.78 is 10.7. The molecule has 0 aromatic heterocycles. The Kier molecular flexibility index (Phi) is 2.14. The topological polar surface area (TPSA) is 18.5 Å². The molecular weight excluding hydrogens is 115 g/mol. The Balaban J connectivity index is 2.32. The highest BCUT2D eigenvalue weighted by Gasteiger charge is 2.29. The Hall–Kier alpha value is -0.0151. The number of hydrogen-bond donors (Lipinski definition) is 0. The van der Waals surface area contributed by atoms with Crippen LogP contribution in [0.15, 0.2) is 0 Å². The van der Waals surface area contributed by atoms with Gasteiger partial charge in [0.2, 0.25) is 0 Å². The molecule has 0 N–H and O–H groups in total. The van der Waals surface area contributed by atoms with Gasteiger partial charge in [0.1, 0.15) is 5.69 Å². The van der Waals surface area contributed by atoms with Crippen LogP contribution in [0, 0.1) is 0 Å². The molecule has 1 aliphatic rings. The lowest BCUT2D eigenvalue weighted by molar-refractivity contribution is -0.144. The lowest BCUT2D eigenvalue weighted by Crippen LogP contribution is -2.31. The van der Waals surface area contributed by atoms with Crippen LogP contribution >= 0.6 is 0 Å². The Morgan fingerprint density at radius 2 is 2.56 bits per heavy atom. The molecule has 0 radical (unpaired) electrons. The zero-order chi connectivity index (χ0) is 6.74. The van der Waals surface area contributed by atoms with Gasteiger partial charge in [-0.1, -0.05) is 0 Å². The van der Waals surface area contributed by atoms with E-state index in [1.165, 1.54) is 0 Å². The van der Waals surface area contributed by atoms with Crippen LogP contribution in [0.25, 0.3) is 0 Å². The van der Waals surface area contributed by atoms with Crippen LogP contribution in [0.2, 0.25) is 0 Å². The first-order valence-electron chi connectivity index (χ1n) is 3.55. The van der Waals surface area contributed by atoms with E-state index in [0.717, 1.165) is 26.1 Å². The van der Waals surface area contributed by atoms with Crippen molar-refractivity contribution in [2.24, 2.45) is 0 Å². The van der Waals surface area contributed by atoms with E-state index in [-0.39, 0.29) is 5.69 Å². The van der Waals surface area contributed by atoms with Crippen molar-refractivity contribution in [2.45, 2.75) is 25.5 Å². The van der Waals surface area contributed by atoms with Crippen molar-refractivity contribution in [1.82, 2.24) is 0 Å². The maximum Gasteiger partial charge on any atom is 0.178 e. The molecule has 0 aliphatic carbocycles. The van der Waals surface area contributed by atoms with E-state index in [2.05, 4.69) is 0 Å². The third-order valence-corrected chi connectivity index (χ3v) is 1.63. The van der Waals surface area contributed by atoms with Crippen molar-refractivity contribution in [3.05, 3.63) is 0 Å². The van der Waals surface area contributed by atoms with E-state index in [0.29, 0.717) is 0 Å². The molecule has 0 saturated carbocycles. The Morgan fingerprint density at radius 3 is 3.00 bits per heavy atom. The summed E-state index contributed by atoms with van der Waals surface area (Å²) in [7, 11) is 2.00. The Labute approximate surface area is 56.9 Å². The predicted octanol–water partition coefficient (Wildman–Crippen LogP) is 0.120. The maximum atomic E-state index is 5.37. The highest BCUT2D eigenvalue weighted by molar-refractivity contribution is 6.13. The molecule has 1 heterocycles. The normalized spacial score (nSPS) is 35.2. The van der Waals surface area contributed by atoms with Gasteiger partial charge in [0.15, 0.2) is 7.85 Å². The van der Waals surface area contributed by atoms with Gasteiger partial charge < -0.3 is 9.47 Å². The molecule has 1 unspecified atom stereocenters. The van der Waals surface area contributed by atoms with Crippen LogP contribution in [0.1, 0.15) is 19.8 Å². The van der Waals surface area contributed by atoms with E-state index in [1.807, 2.05) is 14.8 Å². The SMILES string of the molecule is BC1(OCC)CCCO1. The minimum Gasteiger partial charge on any atom is -0.359 e. The first-order chi connectivity index (χ1) is 4.27. The molecule has 9 heavy (non-hydrogen) atoms. The largest absolute Gasteiger partial charge is 0.359 e. The lowest BCUT2D eigenvalue weighted by Gasteiger charge is -2.22. The fourth-order valence-corrected chi connectivity index (χ4v) is 1.17. The number of ether oxygens (including phenoxy) is 2. The summed E-state index contributed by atoms with van der Waals surface area (Å²) in [5.41, 5.74) is -0.255. The van der Waals surface area contributed by atoms with Gasteiger partial charge in [-0.2, -0.15) is 0 Å².